The molecule has 0 aliphatic carbocycles. The van der Waals surface area contributed by atoms with Crippen LogP contribution in [0.1, 0.15) is 5.56 Å². The molecule has 0 aromatic heterocycles. The molecule has 0 amide bonds. The molecule has 0 bridgehead atoms. The van der Waals surface area contributed by atoms with Crippen molar-refractivity contribution in [3.8, 4) is 0 Å². The third kappa shape index (κ3) is 2.91. The van der Waals surface area contributed by atoms with Crippen LogP contribution in [0, 0.1) is 5.41 Å². The van der Waals surface area contributed by atoms with Crippen molar-refractivity contribution < 1.29 is 9.11 Å². The Morgan fingerprint density at radius 2 is 2.14 bits per heavy atom. The number of rotatable bonds is 3. The standard InChI is InChI=1S/C8H13N3O2S/c1-14(12,13)11-7-2-3-8(10)6(4-7)5-9/h2-5,9,11-13H,10H2,1H3. The molecule has 0 unspecified atom stereocenters. The van der Waals surface area contributed by atoms with Crippen molar-refractivity contribution in [2.45, 2.75) is 0 Å². The van der Waals surface area contributed by atoms with E-state index >= 15 is 0 Å². The van der Waals surface area contributed by atoms with E-state index in [-0.39, 0.29) is 0 Å². The fourth-order valence-corrected chi connectivity index (χ4v) is 1.56. The molecule has 0 heterocycles. The molecule has 14 heavy (non-hydrogen) atoms. The van der Waals surface area contributed by atoms with Crippen LogP contribution >= 0.6 is 10.8 Å². The lowest BCUT2D eigenvalue weighted by Crippen LogP contribution is -2.07. The number of hydrogen-bond acceptors (Lipinski definition) is 5. The Kier molecular flexibility index (Phi) is 3.00. The van der Waals surface area contributed by atoms with Crippen LogP contribution in [0.2, 0.25) is 0 Å². The van der Waals surface area contributed by atoms with E-state index in [1.165, 1.54) is 6.26 Å². The van der Waals surface area contributed by atoms with Gasteiger partial charge >= 0.3 is 0 Å². The van der Waals surface area contributed by atoms with Gasteiger partial charge in [0.15, 0.2) is 0 Å². The molecule has 0 atom stereocenters. The molecule has 6 heteroatoms. The lowest BCUT2D eigenvalue weighted by atomic mass is 10.2. The minimum Gasteiger partial charge on any atom is -0.398 e. The maximum Gasteiger partial charge on any atom is 0.0543 e. The van der Waals surface area contributed by atoms with Crippen LogP contribution in [0.25, 0.3) is 0 Å². The van der Waals surface area contributed by atoms with E-state index in [2.05, 4.69) is 4.72 Å². The van der Waals surface area contributed by atoms with Gasteiger partial charge in [0.25, 0.3) is 0 Å². The van der Waals surface area contributed by atoms with Gasteiger partial charge in [-0.05, 0) is 18.2 Å². The summed E-state index contributed by atoms with van der Waals surface area (Å²) in [4.78, 5) is 0. The molecule has 0 fully saturated rings. The summed E-state index contributed by atoms with van der Waals surface area (Å²) < 4.78 is 20.8. The lowest BCUT2D eigenvalue weighted by molar-refractivity contribution is 0.502. The minimum absolute atomic E-state index is 0.484. The number of hydrogen-bond donors (Lipinski definition) is 5. The lowest BCUT2D eigenvalue weighted by Gasteiger charge is -2.28. The van der Waals surface area contributed by atoms with Gasteiger partial charge in [0.05, 0.1) is 5.69 Å². The molecule has 0 aliphatic rings. The molecule has 1 rings (SSSR count). The van der Waals surface area contributed by atoms with Crippen molar-refractivity contribution in [2.24, 2.45) is 0 Å². The summed E-state index contributed by atoms with van der Waals surface area (Å²) in [6, 6.07) is 4.81. The first-order chi connectivity index (χ1) is 6.42. The highest BCUT2D eigenvalue weighted by molar-refractivity contribution is 8.24. The van der Waals surface area contributed by atoms with Gasteiger partial charge in [0, 0.05) is 23.7 Å². The van der Waals surface area contributed by atoms with Crippen LogP contribution in [-0.4, -0.2) is 21.6 Å². The molecule has 78 valence electrons. The average Bonchev–Trinajstić information content (AvgIpc) is 2.06. The Balaban J connectivity index is 2.95. The molecular weight excluding hydrogens is 202 g/mol. The first-order valence-electron chi connectivity index (χ1n) is 3.83. The Morgan fingerprint density at radius 1 is 1.50 bits per heavy atom. The summed E-state index contributed by atoms with van der Waals surface area (Å²) in [6.45, 7) is 0. The van der Waals surface area contributed by atoms with Gasteiger partial charge in [-0.1, -0.05) is 0 Å². The second-order valence-electron chi connectivity index (χ2n) is 2.92. The van der Waals surface area contributed by atoms with Crippen molar-refractivity contribution in [3.63, 3.8) is 0 Å². The second kappa shape index (κ2) is 3.87. The summed E-state index contributed by atoms with van der Waals surface area (Å²) in [5, 5.41) is 7.06. The normalized spacial score (nSPS) is 12.2. The number of benzene rings is 1. The minimum atomic E-state index is -2.78. The highest BCUT2D eigenvalue weighted by Crippen LogP contribution is 2.34. The smallest absolute Gasteiger partial charge is 0.0543 e. The summed E-state index contributed by atoms with van der Waals surface area (Å²) in [7, 11) is -2.78. The maximum atomic E-state index is 9.14. The van der Waals surface area contributed by atoms with Gasteiger partial charge in [0.2, 0.25) is 0 Å². The van der Waals surface area contributed by atoms with Crippen LogP contribution in [0.3, 0.4) is 0 Å². The van der Waals surface area contributed by atoms with Crippen molar-refractivity contribution >= 4 is 28.4 Å². The van der Waals surface area contributed by atoms with Gasteiger partial charge in [-0.25, -0.2) is 0 Å². The fraction of sp³-hybridized carbons (Fsp3) is 0.125. The third-order valence-electron chi connectivity index (χ3n) is 1.55. The highest BCUT2D eigenvalue weighted by Gasteiger charge is 2.04. The Bertz CT molecular complexity index is 349. The first kappa shape index (κ1) is 10.8. The van der Waals surface area contributed by atoms with Crippen LogP contribution in [0.15, 0.2) is 18.2 Å². The number of nitrogen functional groups attached to an aromatic ring is 1. The van der Waals surface area contributed by atoms with Gasteiger partial charge in [-0.3, -0.25) is 13.8 Å². The third-order valence-corrected chi connectivity index (χ3v) is 2.18. The summed E-state index contributed by atoms with van der Waals surface area (Å²) in [5.41, 5.74) is 7.12. The van der Waals surface area contributed by atoms with Crippen LogP contribution in [0.4, 0.5) is 11.4 Å². The topological polar surface area (TPSA) is 102 Å². The molecule has 0 aliphatic heterocycles. The van der Waals surface area contributed by atoms with Crippen LogP contribution < -0.4 is 10.5 Å². The van der Waals surface area contributed by atoms with E-state index in [1.54, 1.807) is 18.2 Å². The highest BCUT2D eigenvalue weighted by atomic mass is 32.3. The average molecular weight is 215 g/mol. The molecule has 1 aromatic carbocycles. The van der Waals surface area contributed by atoms with Crippen molar-refractivity contribution in [2.75, 3.05) is 16.7 Å². The van der Waals surface area contributed by atoms with Gasteiger partial charge in [0.1, 0.15) is 0 Å². The predicted molar refractivity (Wildman–Crippen MR) is 61.1 cm³/mol. The monoisotopic (exact) mass is 215 g/mol. The zero-order valence-corrected chi connectivity index (χ0v) is 8.51. The molecule has 1 aromatic rings. The van der Waals surface area contributed by atoms with Gasteiger partial charge in [-0.2, -0.15) is 0 Å². The van der Waals surface area contributed by atoms with E-state index in [9.17, 15) is 0 Å². The van der Waals surface area contributed by atoms with E-state index in [0.717, 1.165) is 6.21 Å². The van der Waals surface area contributed by atoms with E-state index in [4.69, 9.17) is 20.2 Å². The van der Waals surface area contributed by atoms with E-state index in [1.807, 2.05) is 0 Å². The molecule has 0 saturated carbocycles. The predicted octanol–water partition coefficient (Wildman–Crippen LogP) is 1.97. The van der Waals surface area contributed by atoms with E-state index < -0.39 is 10.8 Å². The second-order valence-corrected chi connectivity index (χ2v) is 4.79. The fourth-order valence-electron chi connectivity index (χ4n) is 0.987. The van der Waals surface area contributed by atoms with Crippen molar-refractivity contribution in [1.29, 1.82) is 5.41 Å². The van der Waals surface area contributed by atoms with Crippen LogP contribution in [-0.2, 0) is 0 Å². The zero-order valence-electron chi connectivity index (χ0n) is 7.69. The Labute approximate surface area is 83.9 Å². The molecule has 0 radical (unpaired) electrons. The maximum absolute atomic E-state index is 9.14. The zero-order chi connectivity index (χ0) is 10.8. The van der Waals surface area contributed by atoms with Crippen molar-refractivity contribution in [1.82, 2.24) is 0 Å². The Hall–Kier alpha value is -1.24. The summed E-state index contributed by atoms with van der Waals surface area (Å²) in [6.07, 6.45) is 2.40. The number of anilines is 2. The number of nitrogens with one attached hydrogen (secondary N) is 2. The Morgan fingerprint density at radius 3 is 2.64 bits per heavy atom. The summed E-state index contributed by atoms with van der Waals surface area (Å²) >= 11 is 0. The van der Waals surface area contributed by atoms with Crippen molar-refractivity contribution in [3.05, 3.63) is 23.8 Å². The van der Waals surface area contributed by atoms with Gasteiger partial charge < -0.3 is 11.1 Å². The SMILES string of the molecule is CS(O)(O)Nc1ccc(N)c(C=N)c1. The molecule has 5 nitrogen and oxygen atoms in total. The molecule has 0 spiro atoms. The van der Waals surface area contributed by atoms with E-state index in [0.29, 0.717) is 16.9 Å². The van der Waals surface area contributed by atoms with Gasteiger partial charge in [-0.15, -0.1) is 10.8 Å². The molecule has 0 saturated heterocycles. The molecular formula is C8H13N3O2S. The quantitative estimate of drug-likeness (QED) is 0.393. The first-order valence-corrected chi connectivity index (χ1v) is 5.79. The largest absolute Gasteiger partial charge is 0.398 e. The summed E-state index contributed by atoms with van der Waals surface area (Å²) in [5.74, 6) is 0. The number of nitrogens with two attached hydrogens (primary N) is 1. The van der Waals surface area contributed by atoms with Crippen LogP contribution in [0.5, 0.6) is 0 Å². The molecule has 6 N–H and O–H groups in total.